The molecule has 1 saturated heterocycles. The largest absolute Gasteiger partial charge is 0.345 e. The molecule has 186 valence electrons. The fourth-order valence-corrected chi connectivity index (χ4v) is 4.19. The summed E-state index contributed by atoms with van der Waals surface area (Å²) in [6.07, 6.45) is 2.93. The van der Waals surface area contributed by atoms with E-state index >= 15 is 0 Å². The van der Waals surface area contributed by atoms with E-state index in [0.29, 0.717) is 11.0 Å². The van der Waals surface area contributed by atoms with Crippen molar-refractivity contribution in [1.82, 2.24) is 19.8 Å². The Bertz CT molecular complexity index is 1450. The first-order chi connectivity index (χ1) is 17.1. The Labute approximate surface area is 200 Å². The van der Waals surface area contributed by atoms with Gasteiger partial charge in [-0.05, 0) is 31.0 Å². The van der Waals surface area contributed by atoms with Crippen molar-refractivity contribution in [3.63, 3.8) is 0 Å². The number of amides is 2. The number of pyridine rings is 1. The van der Waals surface area contributed by atoms with Gasteiger partial charge in [0.15, 0.2) is 23.3 Å². The molecule has 0 saturated carbocycles. The van der Waals surface area contributed by atoms with E-state index in [0.717, 1.165) is 10.5 Å². The first-order valence-electron chi connectivity index (χ1n) is 10.6. The number of carbonyl (C=O) groups excluding carboxylic acids is 3. The van der Waals surface area contributed by atoms with Crippen LogP contribution < -0.4 is 0 Å². The Morgan fingerprint density at radius 3 is 2.42 bits per heavy atom. The molecule has 0 unspecified atom stereocenters. The van der Waals surface area contributed by atoms with Gasteiger partial charge >= 0.3 is 0 Å². The zero-order valence-corrected chi connectivity index (χ0v) is 18.9. The number of hydrogen-bond donors (Lipinski definition) is 1. The predicted octanol–water partition coefficient (Wildman–Crippen LogP) is 3.93. The molecule has 10 nitrogen and oxygen atoms in total. The van der Waals surface area contributed by atoms with Gasteiger partial charge in [0.1, 0.15) is 16.9 Å². The van der Waals surface area contributed by atoms with Gasteiger partial charge in [0.25, 0.3) is 17.6 Å². The number of ketones is 1. The SMILES string of the molecule is Cc1ccnc2[nH]cc(C(=O)C(=O)N3CCN(C(=O)c4c(F)c(F)c(N=[N+]=[N-])c(F)c4F)C[C@H]3C)c12. The van der Waals surface area contributed by atoms with Crippen LogP contribution in [0.1, 0.15) is 33.2 Å². The van der Waals surface area contributed by atoms with Crippen molar-refractivity contribution >= 4 is 34.3 Å². The zero-order valence-electron chi connectivity index (χ0n) is 18.9. The van der Waals surface area contributed by atoms with Crippen LogP contribution in [0, 0.1) is 30.2 Å². The molecule has 14 heteroatoms. The highest BCUT2D eigenvalue weighted by Crippen LogP contribution is 2.31. The van der Waals surface area contributed by atoms with Crippen molar-refractivity contribution in [2.45, 2.75) is 19.9 Å². The maximum atomic E-state index is 14.4. The van der Waals surface area contributed by atoms with E-state index < -0.39 is 58.2 Å². The molecule has 0 radical (unpaired) electrons. The van der Waals surface area contributed by atoms with E-state index in [-0.39, 0.29) is 25.2 Å². The number of benzene rings is 1. The quantitative estimate of drug-likeness (QED) is 0.110. The number of Topliss-reactive ketones (excluding diaryl/α,β-unsaturated/α-hetero) is 1. The van der Waals surface area contributed by atoms with Gasteiger partial charge in [-0.2, -0.15) is 0 Å². The van der Waals surface area contributed by atoms with Crippen LogP contribution in [0.15, 0.2) is 23.6 Å². The molecule has 3 heterocycles. The predicted molar refractivity (Wildman–Crippen MR) is 117 cm³/mol. The molecule has 1 aliphatic rings. The average Bonchev–Trinajstić information content (AvgIpc) is 3.30. The minimum Gasteiger partial charge on any atom is -0.345 e. The lowest BCUT2D eigenvalue weighted by Crippen LogP contribution is -2.57. The molecular formula is C22H17F4N7O3. The highest BCUT2D eigenvalue weighted by molar-refractivity contribution is 6.45. The van der Waals surface area contributed by atoms with Crippen molar-refractivity contribution < 1.29 is 31.9 Å². The van der Waals surface area contributed by atoms with Crippen LogP contribution in [-0.2, 0) is 4.79 Å². The Balaban J connectivity index is 1.56. The van der Waals surface area contributed by atoms with Crippen molar-refractivity contribution in [2.75, 3.05) is 19.6 Å². The number of H-pyrrole nitrogens is 1. The van der Waals surface area contributed by atoms with E-state index in [1.807, 2.05) is 0 Å². The van der Waals surface area contributed by atoms with Gasteiger partial charge in [0, 0.05) is 48.4 Å². The number of aromatic nitrogens is 2. The van der Waals surface area contributed by atoms with Gasteiger partial charge in [-0.15, -0.1) is 0 Å². The van der Waals surface area contributed by atoms with Gasteiger partial charge < -0.3 is 14.8 Å². The highest BCUT2D eigenvalue weighted by atomic mass is 19.2. The van der Waals surface area contributed by atoms with Gasteiger partial charge in [-0.25, -0.2) is 22.5 Å². The van der Waals surface area contributed by atoms with Crippen LogP contribution in [0.25, 0.3) is 21.5 Å². The molecule has 1 aromatic carbocycles. The standard InChI is InChI=1S/C22H17F4N7O3/c1-9-3-4-28-20-12(9)11(7-29-20)19(34)22(36)33-6-5-32(8-10(33)2)21(35)13-14(23)16(25)18(30-31-27)17(26)15(13)24/h3-4,7,10H,5-6,8H2,1-2H3,(H,28,29)/t10-/m1/s1. The zero-order chi connectivity index (χ0) is 26.3. The summed E-state index contributed by atoms with van der Waals surface area (Å²) in [6, 6.07) is 0.917. The summed E-state index contributed by atoms with van der Waals surface area (Å²) in [6.45, 7) is 2.55. The lowest BCUT2D eigenvalue weighted by atomic mass is 10.0. The number of aromatic amines is 1. The Kier molecular flexibility index (Phi) is 6.37. The number of azide groups is 1. The molecule has 1 aliphatic heterocycles. The Morgan fingerprint density at radius 1 is 1.14 bits per heavy atom. The molecule has 2 aromatic heterocycles. The highest BCUT2D eigenvalue weighted by Gasteiger charge is 2.37. The van der Waals surface area contributed by atoms with E-state index in [4.69, 9.17) is 5.53 Å². The number of nitrogens with zero attached hydrogens (tertiary/aromatic N) is 6. The monoisotopic (exact) mass is 503 g/mol. The van der Waals surface area contributed by atoms with Gasteiger partial charge in [-0.3, -0.25) is 14.4 Å². The number of rotatable bonds is 4. The topological polar surface area (TPSA) is 135 Å². The fourth-order valence-electron chi connectivity index (χ4n) is 4.19. The molecule has 36 heavy (non-hydrogen) atoms. The normalized spacial score (nSPS) is 15.7. The van der Waals surface area contributed by atoms with E-state index in [2.05, 4.69) is 20.0 Å². The number of nitrogens with one attached hydrogen (secondary N) is 1. The molecule has 1 atom stereocenters. The minimum absolute atomic E-state index is 0.126. The molecule has 0 spiro atoms. The van der Waals surface area contributed by atoms with Crippen LogP contribution in [0.3, 0.4) is 0 Å². The Hall–Kier alpha value is -4.45. The summed E-state index contributed by atoms with van der Waals surface area (Å²) >= 11 is 0. The third kappa shape index (κ3) is 3.90. The van der Waals surface area contributed by atoms with Gasteiger partial charge in [0.05, 0.1) is 5.56 Å². The number of hydrogen-bond acceptors (Lipinski definition) is 5. The van der Waals surface area contributed by atoms with Crippen molar-refractivity contribution in [2.24, 2.45) is 5.11 Å². The third-order valence-corrected chi connectivity index (χ3v) is 6.00. The van der Waals surface area contributed by atoms with Crippen LogP contribution in [0.2, 0.25) is 0 Å². The maximum absolute atomic E-state index is 14.4. The second kappa shape index (κ2) is 9.30. The second-order valence-electron chi connectivity index (χ2n) is 8.15. The van der Waals surface area contributed by atoms with Gasteiger partial charge in [-0.1, -0.05) is 5.11 Å². The number of halogens is 4. The van der Waals surface area contributed by atoms with Gasteiger partial charge in [0.2, 0.25) is 0 Å². The van der Waals surface area contributed by atoms with Crippen molar-refractivity contribution in [1.29, 1.82) is 0 Å². The summed E-state index contributed by atoms with van der Waals surface area (Å²) in [4.78, 5) is 49.9. The molecule has 0 aliphatic carbocycles. The lowest BCUT2D eigenvalue weighted by molar-refractivity contribution is -0.130. The molecule has 1 N–H and O–H groups in total. The van der Waals surface area contributed by atoms with E-state index in [1.54, 1.807) is 19.2 Å². The van der Waals surface area contributed by atoms with Crippen LogP contribution in [-0.4, -0.2) is 63.0 Å². The van der Waals surface area contributed by atoms with Crippen LogP contribution in [0.4, 0.5) is 23.2 Å². The molecule has 2 amide bonds. The summed E-state index contributed by atoms with van der Waals surface area (Å²) in [5, 5.41) is 3.08. The smallest absolute Gasteiger partial charge is 0.295 e. The number of fused-ring (bicyclic) bond motifs is 1. The first kappa shape index (κ1) is 24.7. The van der Waals surface area contributed by atoms with Crippen molar-refractivity contribution in [3.8, 4) is 0 Å². The van der Waals surface area contributed by atoms with Crippen molar-refractivity contribution in [3.05, 3.63) is 68.9 Å². The molecule has 0 bridgehead atoms. The fraction of sp³-hybridized carbons (Fsp3) is 0.273. The molecule has 4 rings (SSSR count). The average molecular weight is 503 g/mol. The Morgan fingerprint density at radius 2 is 1.81 bits per heavy atom. The van der Waals surface area contributed by atoms with Crippen LogP contribution >= 0.6 is 0 Å². The van der Waals surface area contributed by atoms with Crippen LogP contribution in [0.5, 0.6) is 0 Å². The summed E-state index contributed by atoms with van der Waals surface area (Å²) in [5.41, 5.74) is 6.61. The molecular weight excluding hydrogens is 486 g/mol. The maximum Gasteiger partial charge on any atom is 0.295 e. The first-order valence-corrected chi connectivity index (χ1v) is 10.6. The summed E-state index contributed by atoms with van der Waals surface area (Å²) < 4.78 is 57.1. The summed E-state index contributed by atoms with van der Waals surface area (Å²) in [7, 11) is 0. The van der Waals surface area contributed by atoms with E-state index in [1.165, 1.54) is 18.0 Å². The second-order valence-corrected chi connectivity index (χ2v) is 8.15. The summed E-state index contributed by atoms with van der Waals surface area (Å²) in [5.74, 6) is -11.1. The van der Waals surface area contributed by atoms with E-state index in [9.17, 15) is 31.9 Å². The molecule has 1 fully saturated rings. The number of carbonyl (C=O) groups is 3. The number of piperazine rings is 1. The lowest BCUT2D eigenvalue weighted by Gasteiger charge is -2.39. The number of aryl methyl sites for hydroxylation is 1. The third-order valence-electron chi connectivity index (χ3n) is 6.00. The minimum atomic E-state index is -2.01. The molecule has 3 aromatic rings.